The van der Waals surface area contributed by atoms with E-state index in [1.54, 1.807) is 11.5 Å². The zero-order valence-corrected chi connectivity index (χ0v) is 11.8. The summed E-state index contributed by atoms with van der Waals surface area (Å²) >= 11 is 1.41. The molecule has 0 aliphatic rings. The number of hydrogen-bond donors (Lipinski definition) is 1. The SMILES string of the molecule is CCc1c[nH]c(S/C=C/C(=O)c2ccc(C)cc2)n1. The number of ketones is 1. The third kappa shape index (κ3) is 3.83. The van der Waals surface area contributed by atoms with Gasteiger partial charge in [0.05, 0.1) is 5.69 Å². The monoisotopic (exact) mass is 272 g/mol. The molecule has 3 nitrogen and oxygen atoms in total. The number of aromatic amines is 1. The molecule has 0 aliphatic carbocycles. The molecule has 1 heterocycles. The Morgan fingerprint density at radius 1 is 1.37 bits per heavy atom. The van der Waals surface area contributed by atoms with Crippen molar-refractivity contribution in [2.24, 2.45) is 0 Å². The van der Waals surface area contributed by atoms with Crippen LogP contribution in [-0.2, 0) is 6.42 Å². The molecule has 4 heteroatoms. The number of thioether (sulfide) groups is 1. The number of aromatic nitrogens is 2. The van der Waals surface area contributed by atoms with Gasteiger partial charge in [-0.25, -0.2) is 4.98 Å². The van der Waals surface area contributed by atoms with Crippen LogP contribution in [0.3, 0.4) is 0 Å². The van der Waals surface area contributed by atoms with E-state index in [-0.39, 0.29) is 5.78 Å². The smallest absolute Gasteiger partial charge is 0.186 e. The van der Waals surface area contributed by atoms with Crippen molar-refractivity contribution in [3.05, 3.63) is 58.8 Å². The Balaban J connectivity index is 1.95. The van der Waals surface area contributed by atoms with E-state index in [9.17, 15) is 4.79 Å². The van der Waals surface area contributed by atoms with E-state index in [2.05, 4.69) is 16.9 Å². The van der Waals surface area contributed by atoms with Gasteiger partial charge in [-0.15, -0.1) is 0 Å². The Morgan fingerprint density at radius 2 is 2.11 bits per heavy atom. The molecule has 2 aromatic rings. The van der Waals surface area contributed by atoms with E-state index in [0.717, 1.165) is 22.8 Å². The highest BCUT2D eigenvalue weighted by molar-refractivity contribution is 8.02. The molecule has 0 bridgehead atoms. The quantitative estimate of drug-likeness (QED) is 0.512. The number of rotatable bonds is 5. The minimum atomic E-state index is 0.00905. The van der Waals surface area contributed by atoms with Crippen LogP contribution in [0.1, 0.15) is 28.5 Å². The van der Waals surface area contributed by atoms with Crippen LogP contribution in [-0.4, -0.2) is 15.8 Å². The molecule has 0 saturated heterocycles. The van der Waals surface area contributed by atoms with Crippen molar-refractivity contribution in [1.82, 2.24) is 9.97 Å². The summed E-state index contributed by atoms with van der Waals surface area (Å²) in [6, 6.07) is 7.56. The summed E-state index contributed by atoms with van der Waals surface area (Å²) in [5, 5.41) is 2.57. The van der Waals surface area contributed by atoms with Gasteiger partial charge in [-0.05, 0) is 24.8 Å². The highest BCUT2D eigenvalue weighted by Gasteiger charge is 2.01. The zero-order valence-electron chi connectivity index (χ0n) is 11.0. The molecule has 2 rings (SSSR count). The first-order valence-electron chi connectivity index (χ1n) is 6.17. The van der Waals surface area contributed by atoms with Crippen LogP contribution < -0.4 is 0 Å². The summed E-state index contributed by atoms with van der Waals surface area (Å²) in [6.07, 6.45) is 4.37. The van der Waals surface area contributed by atoms with Gasteiger partial charge < -0.3 is 4.98 Å². The molecule has 98 valence electrons. The summed E-state index contributed by atoms with van der Waals surface area (Å²) in [4.78, 5) is 19.3. The Hall–Kier alpha value is -1.81. The van der Waals surface area contributed by atoms with Crippen molar-refractivity contribution >= 4 is 17.5 Å². The lowest BCUT2D eigenvalue weighted by molar-refractivity contribution is 0.104. The number of nitrogens with one attached hydrogen (secondary N) is 1. The van der Waals surface area contributed by atoms with Crippen LogP contribution >= 0.6 is 11.8 Å². The fraction of sp³-hybridized carbons (Fsp3) is 0.200. The predicted octanol–water partition coefficient (Wildman–Crippen LogP) is 3.77. The number of benzene rings is 1. The normalized spacial score (nSPS) is 11.1. The minimum Gasteiger partial charge on any atom is -0.339 e. The molecular formula is C15H16N2OS. The summed E-state index contributed by atoms with van der Waals surface area (Å²) in [7, 11) is 0. The van der Waals surface area contributed by atoms with Gasteiger partial charge in [0.25, 0.3) is 0 Å². The first-order chi connectivity index (χ1) is 9.19. The number of hydrogen-bond acceptors (Lipinski definition) is 3. The summed E-state index contributed by atoms with van der Waals surface area (Å²) in [5.74, 6) is 0.00905. The second kappa shape index (κ2) is 6.38. The van der Waals surface area contributed by atoms with Crippen LogP contribution in [0.15, 0.2) is 47.1 Å². The van der Waals surface area contributed by atoms with E-state index in [1.807, 2.05) is 37.4 Å². The van der Waals surface area contributed by atoms with Gasteiger partial charge in [-0.2, -0.15) is 0 Å². The van der Waals surface area contributed by atoms with Gasteiger partial charge in [0.2, 0.25) is 0 Å². The van der Waals surface area contributed by atoms with Crippen LogP contribution in [0, 0.1) is 6.92 Å². The standard InChI is InChI=1S/C15H16N2OS/c1-3-13-10-16-15(17-13)19-9-8-14(18)12-6-4-11(2)5-7-12/h4-10H,3H2,1-2H3,(H,16,17)/b9-8+. The van der Waals surface area contributed by atoms with Gasteiger partial charge >= 0.3 is 0 Å². The fourth-order valence-electron chi connectivity index (χ4n) is 1.56. The Labute approximate surface area is 117 Å². The summed E-state index contributed by atoms with van der Waals surface area (Å²) in [5.41, 5.74) is 2.88. The van der Waals surface area contributed by atoms with E-state index >= 15 is 0 Å². The van der Waals surface area contributed by atoms with Crippen LogP contribution in [0.4, 0.5) is 0 Å². The summed E-state index contributed by atoms with van der Waals surface area (Å²) in [6.45, 7) is 4.06. The third-order valence-corrected chi connectivity index (χ3v) is 3.41. The number of imidazole rings is 1. The molecule has 0 atom stereocenters. The fourth-order valence-corrected chi connectivity index (χ4v) is 2.17. The van der Waals surface area contributed by atoms with Gasteiger partial charge in [0, 0.05) is 11.8 Å². The van der Waals surface area contributed by atoms with Crippen molar-refractivity contribution in [2.45, 2.75) is 25.4 Å². The first kappa shape index (κ1) is 13.6. The summed E-state index contributed by atoms with van der Waals surface area (Å²) < 4.78 is 0. The number of nitrogens with zero attached hydrogens (tertiary/aromatic N) is 1. The molecule has 19 heavy (non-hydrogen) atoms. The number of carbonyl (C=O) groups is 1. The van der Waals surface area contributed by atoms with Crippen molar-refractivity contribution in [3.8, 4) is 0 Å². The molecular weight excluding hydrogens is 256 g/mol. The van der Waals surface area contributed by atoms with Crippen molar-refractivity contribution in [1.29, 1.82) is 0 Å². The van der Waals surface area contributed by atoms with Crippen LogP contribution in [0.2, 0.25) is 0 Å². The van der Waals surface area contributed by atoms with E-state index in [0.29, 0.717) is 5.56 Å². The van der Waals surface area contributed by atoms with Crippen molar-refractivity contribution in [2.75, 3.05) is 0 Å². The van der Waals surface area contributed by atoms with Gasteiger partial charge in [0.1, 0.15) is 0 Å². The minimum absolute atomic E-state index is 0.00905. The lowest BCUT2D eigenvalue weighted by Gasteiger charge is -1.96. The van der Waals surface area contributed by atoms with E-state index in [4.69, 9.17) is 0 Å². The van der Waals surface area contributed by atoms with Gasteiger partial charge in [-0.1, -0.05) is 48.5 Å². The number of carbonyl (C=O) groups excluding carboxylic acids is 1. The molecule has 0 saturated carbocycles. The lowest BCUT2D eigenvalue weighted by atomic mass is 10.1. The molecule has 0 spiro atoms. The van der Waals surface area contributed by atoms with Crippen LogP contribution in [0.5, 0.6) is 0 Å². The van der Waals surface area contributed by atoms with Gasteiger partial charge in [0.15, 0.2) is 10.9 Å². The van der Waals surface area contributed by atoms with E-state index < -0.39 is 0 Å². The second-order valence-corrected chi connectivity index (χ2v) is 5.10. The van der Waals surface area contributed by atoms with Crippen LogP contribution in [0.25, 0.3) is 0 Å². The van der Waals surface area contributed by atoms with Gasteiger partial charge in [-0.3, -0.25) is 4.79 Å². The maximum atomic E-state index is 11.9. The number of H-pyrrole nitrogens is 1. The molecule has 1 aromatic heterocycles. The maximum absolute atomic E-state index is 11.9. The molecule has 0 unspecified atom stereocenters. The molecule has 1 N–H and O–H groups in total. The predicted molar refractivity (Wildman–Crippen MR) is 78.5 cm³/mol. The average Bonchev–Trinajstić information content (AvgIpc) is 2.87. The van der Waals surface area contributed by atoms with E-state index in [1.165, 1.54) is 11.8 Å². The molecule has 0 aliphatic heterocycles. The first-order valence-corrected chi connectivity index (χ1v) is 7.05. The molecule has 0 amide bonds. The number of allylic oxidation sites excluding steroid dienone is 1. The topological polar surface area (TPSA) is 45.8 Å². The largest absolute Gasteiger partial charge is 0.339 e. The Bertz CT molecular complexity index is 584. The number of aryl methyl sites for hydroxylation is 2. The van der Waals surface area contributed by atoms with Crippen molar-refractivity contribution in [3.63, 3.8) is 0 Å². The average molecular weight is 272 g/mol. The third-order valence-electron chi connectivity index (χ3n) is 2.70. The highest BCUT2D eigenvalue weighted by atomic mass is 32.2. The Morgan fingerprint density at radius 3 is 2.74 bits per heavy atom. The van der Waals surface area contributed by atoms with Crippen molar-refractivity contribution < 1.29 is 4.79 Å². The maximum Gasteiger partial charge on any atom is 0.186 e. The molecule has 0 radical (unpaired) electrons. The Kier molecular flexibility index (Phi) is 4.58. The second-order valence-electron chi connectivity index (χ2n) is 4.20. The highest BCUT2D eigenvalue weighted by Crippen LogP contribution is 2.16. The molecule has 1 aromatic carbocycles. The molecule has 0 fully saturated rings. The zero-order chi connectivity index (χ0) is 13.7. The lowest BCUT2D eigenvalue weighted by Crippen LogP contribution is -1.93.